The maximum atomic E-state index is 6.00. The molecule has 2 spiro atoms. The van der Waals surface area contributed by atoms with E-state index in [0.717, 1.165) is 52.9 Å². The van der Waals surface area contributed by atoms with Gasteiger partial charge in [-0.1, -0.05) is 136 Å². The van der Waals surface area contributed by atoms with Gasteiger partial charge in [0.15, 0.2) is 0 Å². The number of rotatable bonds is 2. The molecule has 0 aliphatic heterocycles. The Morgan fingerprint density at radius 3 is 1.15 bits per heavy atom. The van der Waals surface area contributed by atoms with E-state index in [-0.39, 0.29) is 10.8 Å². The number of hydrogen-bond acceptors (Lipinski definition) is 8. The van der Waals surface area contributed by atoms with Crippen LogP contribution in [0.1, 0.15) is 118 Å². The third kappa shape index (κ3) is 4.32. The summed E-state index contributed by atoms with van der Waals surface area (Å²) >= 11 is 32.2. The monoisotopic (exact) mass is 840 g/mol. The first kappa shape index (κ1) is 33.5. The molecule has 4 aromatic heterocycles. The molecule has 54 heavy (non-hydrogen) atoms. The molecule has 0 radical (unpaired) electrons. The Hall–Kier alpha value is -2.66. The van der Waals surface area contributed by atoms with Gasteiger partial charge in [0, 0.05) is 74.9 Å². The zero-order chi connectivity index (χ0) is 36.1. The van der Waals surface area contributed by atoms with Crippen molar-refractivity contribution in [1.82, 2.24) is 0 Å². The van der Waals surface area contributed by atoms with Crippen LogP contribution in [-0.4, -0.2) is 19.5 Å². The summed E-state index contributed by atoms with van der Waals surface area (Å²) in [6, 6.07) is 21.8. The molecule has 2 fully saturated rings. The third-order valence-electron chi connectivity index (χ3n) is 13.2. The molecule has 8 heteroatoms. The molecule has 6 aliphatic rings. The molecule has 0 saturated heterocycles. The number of allylic oxidation sites excluding steroid dienone is 2. The van der Waals surface area contributed by atoms with Crippen molar-refractivity contribution >= 4 is 135 Å². The molecule has 0 unspecified atom stereocenters. The fraction of sp³-hybridized carbons (Fsp3) is 0.261. The minimum atomic E-state index is 0.100. The van der Waals surface area contributed by atoms with E-state index in [0.29, 0.717) is 0 Å². The average molecular weight is 841 g/mol. The molecule has 0 atom stereocenters. The summed E-state index contributed by atoms with van der Waals surface area (Å²) in [5.74, 6) is 0. The molecule has 12 rings (SSSR count). The highest BCUT2D eigenvalue weighted by Crippen LogP contribution is 2.69. The van der Waals surface area contributed by atoms with Crippen LogP contribution in [0.4, 0.5) is 0 Å². The van der Waals surface area contributed by atoms with E-state index >= 15 is 0 Å². The van der Waals surface area contributed by atoms with Crippen LogP contribution in [0.3, 0.4) is 0 Å². The number of benzene rings is 2. The molecule has 2 aromatic carbocycles. The molecule has 2 saturated carbocycles. The Labute approximate surface area is 352 Å². The average Bonchev–Trinajstić information content (AvgIpc) is 4.07. The first-order chi connectivity index (χ1) is 26.4. The van der Waals surface area contributed by atoms with Gasteiger partial charge >= 0.3 is 0 Å². The van der Waals surface area contributed by atoms with Crippen LogP contribution < -0.4 is 0 Å². The zero-order valence-electron chi connectivity index (χ0n) is 29.3. The molecule has 6 aromatic rings. The normalized spacial score (nSPS) is 19.9. The van der Waals surface area contributed by atoms with Gasteiger partial charge in [0.05, 0.1) is 38.6 Å². The van der Waals surface area contributed by atoms with Crippen LogP contribution in [0.2, 0.25) is 0 Å². The SMILES string of the molecule is S=C1C(=Cc2cc3c(s2)-c2sc4c5c(sc4c2C32CCCCC2)-c2sc(C=C3C(=S)c4ccccc4C3=S)cc2C52CCCCC2)C(=S)c2ccccc21. The lowest BCUT2D eigenvalue weighted by atomic mass is 9.67. The summed E-state index contributed by atoms with van der Waals surface area (Å²) in [4.78, 5) is 12.3. The molecule has 0 nitrogen and oxygen atoms in total. The van der Waals surface area contributed by atoms with Gasteiger partial charge in [-0.05, 0) is 61.1 Å². The van der Waals surface area contributed by atoms with Gasteiger partial charge in [-0.25, -0.2) is 0 Å². The van der Waals surface area contributed by atoms with Crippen LogP contribution in [0.5, 0.6) is 0 Å². The summed E-state index contributed by atoms with van der Waals surface area (Å²) in [5, 5.41) is 0. The highest BCUT2D eigenvalue weighted by atomic mass is 32.1. The predicted octanol–water partition coefficient (Wildman–Crippen LogP) is 14.6. The van der Waals surface area contributed by atoms with Gasteiger partial charge in [0.2, 0.25) is 0 Å². The Morgan fingerprint density at radius 2 is 0.796 bits per heavy atom. The summed E-state index contributed by atoms with van der Waals surface area (Å²) < 4.78 is 3.19. The van der Waals surface area contributed by atoms with Crippen LogP contribution in [0, 0.1) is 0 Å². The highest BCUT2D eigenvalue weighted by Gasteiger charge is 2.52. The number of hydrogen-bond donors (Lipinski definition) is 0. The van der Waals surface area contributed by atoms with E-state index in [1.165, 1.54) is 83.7 Å². The van der Waals surface area contributed by atoms with E-state index in [4.69, 9.17) is 48.9 Å². The maximum absolute atomic E-state index is 6.00. The number of thiocarbonyl (C=S) groups is 4. The zero-order valence-corrected chi connectivity index (χ0v) is 35.8. The molecule has 264 valence electrons. The smallest absolute Gasteiger partial charge is 0.0543 e. The molecular weight excluding hydrogens is 809 g/mol. The van der Waals surface area contributed by atoms with Gasteiger partial charge in [0.1, 0.15) is 0 Å². The van der Waals surface area contributed by atoms with Crippen molar-refractivity contribution < 1.29 is 0 Å². The van der Waals surface area contributed by atoms with Crippen molar-refractivity contribution in [3.8, 4) is 19.5 Å². The second-order valence-corrected chi connectivity index (χ2v) is 21.7. The van der Waals surface area contributed by atoms with E-state index in [1.807, 2.05) is 22.7 Å². The Morgan fingerprint density at radius 1 is 0.444 bits per heavy atom. The van der Waals surface area contributed by atoms with E-state index in [2.05, 4.69) is 95.5 Å². The molecule has 6 aliphatic carbocycles. The van der Waals surface area contributed by atoms with Crippen LogP contribution >= 0.6 is 94.2 Å². The molecule has 0 amide bonds. The Bertz CT molecular complexity index is 2540. The second-order valence-electron chi connectivity index (χ2n) is 15.9. The fourth-order valence-corrected chi connectivity index (χ4v) is 18.3. The summed E-state index contributed by atoms with van der Waals surface area (Å²) in [6.45, 7) is 0. The van der Waals surface area contributed by atoms with Crippen molar-refractivity contribution in [1.29, 1.82) is 0 Å². The van der Waals surface area contributed by atoms with Gasteiger partial charge in [-0.3, -0.25) is 0 Å². The van der Waals surface area contributed by atoms with Crippen molar-refractivity contribution in [3.05, 3.63) is 126 Å². The minimum absolute atomic E-state index is 0.100. The van der Waals surface area contributed by atoms with Gasteiger partial charge in [0.25, 0.3) is 0 Å². The molecular formula is C46H32S8. The van der Waals surface area contributed by atoms with E-state index in [1.54, 1.807) is 41.4 Å². The summed E-state index contributed by atoms with van der Waals surface area (Å²) in [7, 11) is 0. The van der Waals surface area contributed by atoms with Crippen molar-refractivity contribution in [2.75, 3.05) is 0 Å². The lowest BCUT2D eigenvalue weighted by Crippen LogP contribution is -2.28. The molecule has 4 heterocycles. The lowest BCUT2D eigenvalue weighted by molar-refractivity contribution is 0.354. The Kier molecular flexibility index (Phi) is 7.40. The van der Waals surface area contributed by atoms with E-state index in [9.17, 15) is 0 Å². The summed E-state index contributed by atoms with van der Waals surface area (Å²) in [6.07, 6.45) is 17.4. The molecule has 0 N–H and O–H groups in total. The van der Waals surface area contributed by atoms with Gasteiger partial charge in [-0.15, -0.1) is 45.3 Å². The van der Waals surface area contributed by atoms with Crippen molar-refractivity contribution in [2.24, 2.45) is 0 Å². The minimum Gasteiger partial charge on any atom is -0.135 e. The molecule has 0 bridgehead atoms. The first-order valence-electron chi connectivity index (χ1n) is 19.1. The Balaban J connectivity index is 1.01. The maximum Gasteiger partial charge on any atom is 0.0543 e. The topological polar surface area (TPSA) is 0 Å². The first-order valence-corrected chi connectivity index (χ1v) is 24.0. The fourth-order valence-electron chi connectivity index (χ4n) is 10.8. The lowest BCUT2D eigenvalue weighted by Gasteiger charge is -2.35. The number of thiophene rings is 4. The predicted molar refractivity (Wildman–Crippen MR) is 250 cm³/mol. The second kappa shape index (κ2) is 11.9. The van der Waals surface area contributed by atoms with Crippen LogP contribution in [0.15, 0.2) is 71.8 Å². The third-order valence-corrected chi connectivity index (χ3v) is 20.0. The standard InChI is InChI=1S/C46H32S8/c47-35-25-11-3-4-12-26(25)36(48)29(35)19-23-21-31-39(51-23)41-33(45(31)15-7-1-8-16-45)43-44(53-41)34-42(54-43)40-32(46(34)17-9-2-10-18-46)22-24(52-40)20-30-37(49)27-13-5-6-14-28(27)38(30)50/h3-6,11-14,19-22H,1-2,7-10,15-18H2. The van der Waals surface area contributed by atoms with Gasteiger partial charge in [-0.2, -0.15) is 0 Å². The van der Waals surface area contributed by atoms with E-state index < -0.39 is 0 Å². The van der Waals surface area contributed by atoms with Crippen LogP contribution in [0.25, 0.3) is 41.1 Å². The van der Waals surface area contributed by atoms with Crippen molar-refractivity contribution in [2.45, 2.75) is 75.0 Å². The van der Waals surface area contributed by atoms with Crippen molar-refractivity contribution in [3.63, 3.8) is 0 Å². The highest BCUT2D eigenvalue weighted by molar-refractivity contribution is 7.84. The largest absolute Gasteiger partial charge is 0.135 e. The van der Waals surface area contributed by atoms with Gasteiger partial charge < -0.3 is 0 Å². The number of fused-ring (bicyclic) bond motifs is 15. The quantitative estimate of drug-likeness (QED) is 0.126. The van der Waals surface area contributed by atoms with Crippen LogP contribution in [-0.2, 0) is 10.8 Å². The summed E-state index contributed by atoms with van der Waals surface area (Å²) in [5.41, 5.74) is 13.2.